The summed E-state index contributed by atoms with van der Waals surface area (Å²) in [5.74, 6) is -1.63. The van der Waals surface area contributed by atoms with Gasteiger partial charge in [-0.15, -0.1) is 0 Å². The van der Waals surface area contributed by atoms with Crippen LogP contribution in [0.3, 0.4) is 0 Å². The third-order valence-electron chi connectivity index (χ3n) is 4.08. The lowest BCUT2D eigenvalue weighted by Gasteiger charge is -2.15. The summed E-state index contributed by atoms with van der Waals surface area (Å²) in [7, 11) is 0. The fraction of sp³-hybridized carbons (Fsp3) is 0.0455. The van der Waals surface area contributed by atoms with Crippen molar-refractivity contribution in [3.05, 3.63) is 108 Å². The molecule has 6 nitrogen and oxygen atoms in total. The lowest BCUT2D eigenvalue weighted by molar-refractivity contribution is -0.119. The molecule has 3 aliphatic rings. The van der Waals surface area contributed by atoms with Crippen molar-refractivity contribution >= 4 is 17.3 Å². The van der Waals surface area contributed by atoms with E-state index >= 15 is 0 Å². The number of rotatable bonds is 3. The number of hydrogen-bond acceptors (Lipinski definition) is 6. The summed E-state index contributed by atoms with van der Waals surface area (Å²) in [6.07, 6.45) is 4.67. The molecule has 0 heterocycles. The summed E-state index contributed by atoms with van der Waals surface area (Å²) >= 11 is 0. The zero-order valence-corrected chi connectivity index (χ0v) is 15.2. The Hall–Kier alpha value is -3.93. The predicted octanol–water partition coefficient (Wildman–Crippen LogP) is 3.76. The molecule has 0 aromatic rings. The zero-order chi connectivity index (χ0) is 21.8. The molecule has 0 fully saturated rings. The summed E-state index contributed by atoms with van der Waals surface area (Å²) in [4.78, 5) is 31.7. The molecular weight excluding hydrogens is 360 g/mol. The Morgan fingerprint density at radius 2 is 1.07 bits per heavy atom. The Kier molecular flexibility index (Phi) is 6.82. The van der Waals surface area contributed by atoms with Crippen LogP contribution in [-0.4, -0.2) is 32.7 Å². The molecule has 0 radical (unpaired) electrons. The lowest BCUT2D eigenvalue weighted by atomic mass is 9.89. The van der Waals surface area contributed by atoms with Crippen LogP contribution in [0.5, 0.6) is 0 Å². The van der Waals surface area contributed by atoms with Gasteiger partial charge >= 0.3 is 0 Å². The quantitative estimate of drug-likeness (QED) is 0.643. The summed E-state index contributed by atoms with van der Waals surface area (Å²) in [6.45, 7) is 20.7. The number of carbonyl (C=O) groups excluding carboxylic acids is 3. The minimum atomic E-state index is -0.454. The van der Waals surface area contributed by atoms with Gasteiger partial charge in [0, 0.05) is 34.3 Å². The van der Waals surface area contributed by atoms with Crippen molar-refractivity contribution in [3.63, 3.8) is 0 Å². The molecule has 3 aliphatic carbocycles. The lowest BCUT2D eigenvalue weighted by Crippen LogP contribution is -2.19. The molecule has 0 saturated carbocycles. The molecule has 0 aromatic heterocycles. The van der Waals surface area contributed by atoms with Crippen LogP contribution >= 0.6 is 0 Å². The summed E-state index contributed by atoms with van der Waals surface area (Å²) < 4.78 is 0. The van der Waals surface area contributed by atoms with E-state index in [4.69, 9.17) is 15.3 Å². The standard InChI is InChI=1S/C9H8O2.C7H6O2.C6H6O2/c1-4-7-5(2)6(3)8(10)9(7)11;1-3-5-4(2)6(8)7(5)9;1-2-4-3-5(7)6(4)8/h4,11H,1-3H2;3,9H,1-2H2;2,8H,1,3H2. The molecule has 0 aliphatic heterocycles. The van der Waals surface area contributed by atoms with E-state index in [1.165, 1.54) is 18.2 Å². The number of hydrogen-bond donors (Lipinski definition) is 3. The van der Waals surface area contributed by atoms with Crippen molar-refractivity contribution in [1.29, 1.82) is 0 Å². The Morgan fingerprint density at radius 1 is 0.643 bits per heavy atom. The van der Waals surface area contributed by atoms with E-state index in [1.54, 1.807) is 0 Å². The first-order valence-electron chi connectivity index (χ1n) is 7.89. The maximum Gasteiger partial charge on any atom is 0.228 e. The molecule has 144 valence electrons. The minimum absolute atomic E-state index is 0.111. The first-order valence-corrected chi connectivity index (χ1v) is 7.89. The van der Waals surface area contributed by atoms with E-state index in [0.29, 0.717) is 34.3 Å². The number of Topliss-reactive ketones (excluding diaryl/α,β-unsaturated/α-hetero) is 3. The number of carbonyl (C=O) groups is 3. The third-order valence-corrected chi connectivity index (χ3v) is 4.08. The fourth-order valence-corrected chi connectivity index (χ4v) is 2.20. The number of allylic oxidation sites excluding steroid dienone is 10. The average molecular weight is 380 g/mol. The van der Waals surface area contributed by atoms with E-state index in [2.05, 4.69) is 39.5 Å². The Labute approximate surface area is 162 Å². The van der Waals surface area contributed by atoms with Gasteiger partial charge in [0.2, 0.25) is 17.3 Å². The molecule has 3 N–H and O–H groups in total. The Morgan fingerprint density at radius 3 is 1.25 bits per heavy atom. The molecule has 28 heavy (non-hydrogen) atoms. The van der Waals surface area contributed by atoms with Gasteiger partial charge in [-0.3, -0.25) is 14.4 Å². The number of ketones is 3. The maximum absolute atomic E-state index is 11.0. The summed E-state index contributed by atoms with van der Waals surface area (Å²) in [5.41, 5.74) is 2.58. The molecule has 0 saturated heterocycles. The SMILES string of the molecule is C=CC1=C(O)C(=O)C(=C)C1=C.C=CC1=C(O)C(=O)C1.C=CC1=C(O)C(=O)C1=C. The van der Waals surface area contributed by atoms with Gasteiger partial charge in [0.05, 0.1) is 0 Å². The third kappa shape index (κ3) is 3.91. The summed E-state index contributed by atoms with van der Waals surface area (Å²) in [5, 5.41) is 26.5. The van der Waals surface area contributed by atoms with Gasteiger partial charge in [0.25, 0.3) is 0 Å². The van der Waals surface area contributed by atoms with E-state index < -0.39 is 5.78 Å². The first kappa shape index (κ1) is 22.1. The Balaban J connectivity index is 0.000000213. The highest BCUT2D eigenvalue weighted by atomic mass is 16.3. The molecular formula is C22H20O6. The average Bonchev–Trinajstić information content (AvgIpc) is 2.89. The molecule has 6 heteroatoms. The topological polar surface area (TPSA) is 112 Å². The highest BCUT2D eigenvalue weighted by Gasteiger charge is 2.29. The van der Waals surface area contributed by atoms with Crippen LogP contribution in [0.4, 0.5) is 0 Å². The fourth-order valence-electron chi connectivity index (χ4n) is 2.20. The van der Waals surface area contributed by atoms with Crippen LogP contribution in [0.1, 0.15) is 6.42 Å². The van der Waals surface area contributed by atoms with Gasteiger partial charge in [0.15, 0.2) is 17.3 Å². The van der Waals surface area contributed by atoms with E-state index in [0.717, 1.165) is 0 Å². The second-order valence-electron chi connectivity index (χ2n) is 5.70. The molecule has 0 spiro atoms. The van der Waals surface area contributed by atoms with Crippen LogP contribution in [0.2, 0.25) is 0 Å². The molecule has 0 unspecified atom stereocenters. The molecule has 3 rings (SSSR count). The largest absolute Gasteiger partial charge is 0.504 e. The van der Waals surface area contributed by atoms with Crippen LogP contribution in [0.25, 0.3) is 0 Å². The molecule has 0 amide bonds. The van der Waals surface area contributed by atoms with Gasteiger partial charge in [-0.2, -0.15) is 0 Å². The molecule has 0 bridgehead atoms. The normalized spacial score (nSPS) is 18.0. The maximum atomic E-state index is 11.0. The van der Waals surface area contributed by atoms with Gasteiger partial charge in [-0.05, 0) is 5.57 Å². The van der Waals surface area contributed by atoms with Crippen molar-refractivity contribution in [1.82, 2.24) is 0 Å². The van der Waals surface area contributed by atoms with Crippen molar-refractivity contribution in [3.8, 4) is 0 Å². The zero-order valence-electron chi connectivity index (χ0n) is 15.2. The summed E-state index contributed by atoms with van der Waals surface area (Å²) in [6, 6.07) is 0. The van der Waals surface area contributed by atoms with Gasteiger partial charge < -0.3 is 15.3 Å². The monoisotopic (exact) mass is 380 g/mol. The highest BCUT2D eigenvalue weighted by Crippen LogP contribution is 2.30. The number of aliphatic hydroxyl groups is 3. The second kappa shape index (κ2) is 8.64. The van der Waals surface area contributed by atoms with Gasteiger partial charge in [-0.25, -0.2) is 0 Å². The van der Waals surface area contributed by atoms with Gasteiger partial charge in [-0.1, -0.05) is 57.7 Å². The van der Waals surface area contributed by atoms with Crippen LogP contribution in [0.15, 0.2) is 108 Å². The first-order chi connectivity index (χ1) is 13.0. The molecule has 0 atom stereocenters. The van der Waals surface area contributed by atoms with Crippen molar-refractivity contribution in [2.75, 3.05) is 0 Å². The van der Waals surface area contributed by atoms with Crippen molar-refractivity contribution < 1.29 is 29.7 Å². The molecule has 0 aromatic carbocycles. The minimum Gasteiger partial charge on any atom is -0.504 e. The second-order valence-corrected chi connectivity index (χ2v) is 5.70. The smallest absolute Gasteiger partial charge is 0.228 e. The van der Waals surface area contributed by atoms with Crippen molar-refractivity contribution in [2.24, 2.45) is 0 Å². The van der Waals surface area contributed by atoms with Crippen LogP contribution < -0.4 is 0 Å². The van der Waals surface area contributed by atoms with Crippen LogP contribution in [-0.2, 0) is 14.4 Å². The van der Waals surface area contributed by atoms with Crippen molar-refractivity contribution in [2.45, 2.75) is 6.42 Å². The highest BCUT2D eigenvalue weighted by molar-refractivity contribution is 6.18. The Bertz CT molecular complexity index is 963. The van der Waals surface area contributed by atoms with E-state index in [-0.39, 0.29) is 34.4 Å². The predicted molar refractivity (Wildman–Crippen MR) is 107 cm³/mol. The van der Waals surface area contributed by atoms with Crippen LogP contribution in [0, 0.1) is 0 Å². The van der Waals surface area contributed by atoms with Gasteiger partial charge in [0.1, 0.15) is 0 Å². The van der Waals surface area contributed by atoms with E-state index in [1.807, 2.05) is 0 Å². The van der Waals surface area contributed by atoms with E-state index in [9.17, 15) is 14.4 Å². The number of aliphatic hydroxyl groups excluding tert-OH is 3.